The summed E-state index contributed by atoms with van der Waals surface area (Å²) in [6.07, 6.45) is 0. The molecule has 6 heteroatoms. The second-order valence-electron chi connectivity index (χ2n) is 6.58. The van der Waals surface area contributed by atoms with E-state index in [1.165, 1.54) is 0 Å². The molecule has 0 atom stereocenters. The second-order valence-corrected chi connectivity index (χ2v) is 6.58. The van der Waals surface area contributed by atoms with E-state index in [-0.39, 0.29) is 12.5 Å². The summed E-state index contributed by atoms with van der Waals surface area (Å²) in [6.45, 7) is 0.805. The summed E-state index contributed by atoms with van der Waals surface area (Å²) in [5.74, 6) is 0.905. The maximum atomic E-state index is 12.2. The number of aromatic nitrogens is 2. The summed E-state index contributed by atoms with van der Waals surface area (Å²) in [7, 11) is 0. The van der Waals surface area contributed by atoms with Crippen LogP contribution in [0.4, 0.5) is 5.82 Å². The molecular weight excluding hydrogens is 366 g/mol. The van der Waals surface area contributed by atoms with Crippen LogP contribution in [-0.2, 0) is 22.7 Å². The predicted molar refractivity (Wildman–Crippen MR) is 112 cm³/mol. The van der Waals surface area contributed by atoms with Crippen LogP contribution in [0.2, 0.25) is 0 Å². The van der Waals surface area contributed by atoms with Crippen molar-refractivity contribution in [3.63, 3.8) is 0 Å². The standard InChI is InChI=1S/C23H21N3O3/c27-22(16-28-14-17-7-3-1-4-8-17)24-23-20-13-19(11-12-21(20)25-26-23)29-15-18-9-5-2-6-10-18/h1-13H,14-16H2,(H2,24,25,26,27). The summed E-state index contributed by atoms with van der Waals surface area (Å²) >= 11 is 0. The summed E-state index contributed by atoms with van der Waals surface area (Å²) in [4.78, 5) is 12.2. The molecule has 3 aromatic carbocycles. The lowest BCUT2D eigenvalue weighted by Gasteiger charge is -2.07. The third-order valence-electron chi connectivity index (χ3n) is 4.39. The van der Waals surface area contributed by atoms with E-state index in [2.05, 4.69) is 15.5 Å². The van der Waals surface area contributed by atoms with E-state index < -0.39 is 0 Å². The number of rotatable bonds is 8. The summed E-state index contributed by atoms with van der Waals surface area (Å²) in [6, 6.07) is 25.3. The molecule has 0 fully saturated rings. The Labute approximate surface area is 168 Å². The third kappa shape index (κ3) is 5.00. The van der Waals surface area contributed by atoms with Crippen LogP contribution in [0.3, 0.4) is 0 Å². The molecule has 0 unspecified atom stereocenters. The van der Waals surface area contributed by atoms with E-state index in [0.717, 1.165) is 22.0 Å². The SMILES string of the molecule is O=C(COCc1ccccc1)Nc1n[nH]c2ccc(OCc3ccccc3)cc12. The largest absolute Gasteiger partial charge is 0.489 e. The molecule has 4 aromatic rings. The molecule has 0 bridgehead atoms. The van der Waals surface area contributed by atoms with Crippen LogP contribution >= 0.6 is 0 Å². The van der Waals surface area contributed by atoms with E-state index >= 15 is 0 Å². The number of fused-ring (bicyclic) bond motifs is 1. The number of nitrogens with one attached hydrogen (secondary N) is 2. The maximum Gasteiger partial charge on any atom is 0.251 e. The minimum Gasteiger partial charge on any atom is -0.489 e. The molecule has 29 heavy (non-hydrogen) atoms. The average Bonchev–Trinajstić information content (AvgIpc) is 3.16. The first-order valence-corrected chi connectivity index (χ1v) is 9.34. The van der Waals surface area contributed by atoms with Gasteiger partial charge in [0.2, 0.25) is 0 Å². The Bertz CT molecular complexity index is 1080. The highest BCUT2D eigenvalue weighted by Crippen LogP contribution is 2.26. The van der Waals surface area contributed by atoms with Crippen molar-refractivity contribution in [2.75, 3.05) is 11.9 Å². The molecule has 0 radical (unpaired) electrons. The molecule has 0 saturated heterocycles. The molecule has 4 rings (SSSR count). The zero-order valence-electron chi connectivity index (χ0n) is 15.8. The lowest BCUT2D eigenvalue weighted by atomic mass is 10.2. The summed E-state index contributed by atoms with van der Waals surface area (Å²) in [5, 5.41) is 10.7. The fourth-order valence-electron chi connectivity index (χ4n) is 2.92. The van der Waals surface area contributed by atoms with Crippen molar-refractivity contribution in [1.82, 2.24) is 10.2 Å². The Kier molecular flexibility index (Phi) is 5.83. The maximum absolute atomic E-state index is 12.2. The van der Waals surface area contributed by atoms with Gasteiger partial charge in [0, 0.05) is 5.39 Å². The van der Waals surface area contributed by atoms with Gasteiger partial charge in [-0.05, 0) is 29.3 Å². The first-order valence-electron chi connectivity index (χ1n) is 9.34. The van der Waals surface area contributed by atoms with Crippen LogP contribution in [0.15, 0.2) is 78.9 Å². The number of hydrogen-bond acceptors (Lipinski definition) is 4. The van der Waals surface area contributed by atoms with Gasteiger partial charge in [0.1, 0.15) is 19.0 Å². The first kappa shape index (κ1) is 18.7. The number of nitrogens with zero attached hydrogens (tertiary/aromatic N) is 1. The zero-order valence-corrected chi connectivity index (χ0v) is 15.8. The number of ether oxygens (including phenoxy) is 2. The van der Waals surface area contributed by atoms with Crippen LogP contribution in [0.25, 0.3) is 10.9 Å². The minimum absolute atomic E-state index is 0.0482. The molecule has 1 aromatic heterocycles. The number of H-pyrrole nitrogens is 1. The number of aromatic amines is 1. The van der Waals surface area contributed by atoms with E-state index in [1.54, 1.807) is 0 Å². The molecule has 146 valence electrons. The summed E-state index contributed by atoms with van der Waals surface area (Å²) in [5.41, 5.74) is 2.92. The molecule has 0 aliphatic carbocycles. The van der Waals surface area contributed by atoms with Crippen LogP contribution in [0.5, 0.6) is 5.75 Å². The van der Waals surface area contributed by atoms with Gasteiger partial charge < -0.3 is 14.8 Å². The van der Waals surface area contributed by atoms with Crippen molar-refractivity contribution in [2.24, 2.45) is 0 Å². The van der Waals surface area contributed by atoms with Gasteiger partial charge in [-0.15, -0.1) is 0 Å². The quantitative estimate of drug-likeness (QED) is 0.473. The Hall–Kier alpha value is -3.64. The highest BCUT2D eigenvalue weighted by atomic mass is 16.5. The van der Waals surface area contributed by atoms with Crippen molar-refractivity contribution in [1.29, 1.82) is 0 Å². The predicted octanol–water partition coefficient (Wildman–Crippen LogP) is 4.30. The lowest BCUT2D eigenvalue weighted by Crippen LogP contribution is -2.18. The molecule has 0 spiro atoms. The fourth-order valence-corrected chi connectivity index (χ4v) is 2.92. The molecular formula is C23H21N3O3. The first-order chi connectivity index (χ1) is 14.3. The number of carbonyl (C=O) groups excluding carboxylic acids is 1. The van der Waals surface area contributed by atoms with Gasteiger partial charge in [-0.3, -0.25) is 9.89 Å². The third-order valence-corrected chi connectivity index (χ3v) is 4.39. The Morgan fingerprint density at radius 1 is 0.897 bits per heavy atom. The van der Waals surface area contributed by atoms with Crippen LogP contribution in [-0.4, -0.2) is 22.7 Å². The summed E-state index contributed by atoms with van der Waals surface area (Å²) < 4.78 is 11.3. The van der Waals surface area contributed by atoms with Crippen molar-refractivity contribution in [2.45, 2.75) is 13.2 Å². The van der Waals surface area contributed by atoms with Gasteiger partial charge in [0.25, 0.3) is 5.91 Å². The smallest absolute Gasteiger partial charge is 0.251 e. The number of carbonyl (C=O) groups is 1. The molecule has 0 aliphatic rings. The zero-order chi connectivity index (χ0) is 19.9. The molecule has 0 aliphatic heterocycles. The van der Waals surface area contributed by atoms with Gasteiger partial charge in [-0.25, -0.2) is 0 Å². The monoisotopic (exact) mass is 387 g/mol. The van der Waals surface area contributed by atoms with Crippen LogP contribution in [0, 0.1) is 0 Å². The molecule has 1 heterocycles. The van der Waals surface area contributed by atoms with Crippen LogP contribution in [0.1, 0.15) is 11.1 Å². The Balaban J connectivity index is 1.36. The van der Waals surface area contributed by atoms with E-state index in [1.807, 2.05) is 78.9 Å². The van der Waals surface area contributed by atoms with Crippen molar-refractivity contribution in [3.05, 3.63) is 90.0 Å². The lowest BCUT2D eigenvalue weighted by molar-refractivity contribution is -0.121. The van der Waals surface area contributed by atoms with Gasteiger partial charge >= 0.3 is 0 Å². The van der Waals surface area contributed by atoms with Gasteiger partial charge in [0.05, 0.1) is 12.1 Å². The molecule has 2 N–H and O–H groups in total. The van der Waals surface area contributed by atoms with E-state index in [4.69, 9.17) is 9.47 Å². The van der Waals surface area contributed by atoms with E-state index in [9.17, 15) is 4.79 Å². The number of benzene rings is 3. The fraction of sp³-hybridized carbons (Fsp3) is 0.130. The number of hydrogen-bond donors (Lipinski definition) is 2. The van der Waals surface area contributed by atoms with Crippen molar-refractivity contribution < 1.29 is 14.3 Å². The van der Waals surface area contributed by atoms with E-state index in [0.29, 0.717) is 24.8 Å². The molecule has 6 nitrogen and oxygen atoms in total. The Morgan fingerprint density at radius 3 is 2.31 bits per heavy atom. The minimum atomic E-state index is -0.259. The second kappa shape index (κ2) is 9.03. The topological polar surface area (TPSA) is 76.2 Å². The number of anilines is 1. The molecule has 0 saturated carbocycles. The molecule has 1 amide bonds. The van der Waals surface area contributed by atoms with Crippen molar-refractivity contribution >= 4 is 22.6 Å². The van der Waals surface area contributed by atoms with Gasteiger partial charge in [-0.2, -0.15) is 5.10 Å². The number of amides is 1. The Morgan fingerprint density at radius 2 is 1.59 bits per heavy atom. The van der Waals surface area contributed by atoms with Crippen molar-refractivity contribution in [3.8, 4) is 5.75 Å². The van der Waals surface area contributed by atoms with Gasteiger partial charge in [-0.1, -0.05) is 60.7 Å². The van der Waals surface area contributed by atoms with Gasteiger partial charge in [0.15, 0.2) is 5.82 Å². The average molecular weight is 387 g/mol. The van der Waals surface area contributed by atoms with Crippen LogP contribution < -0.4 is 10.1 Å². The highest BCUT2D eigenvalue weighted by Gasteiger charge is 2.11. The highest BCUT2D eigenvalue weighted by molar-refractivity contribution is 6.00. The normalized spacial score (nSPS) is 10.8.